The van der Waals surface area contributed by atoms with E-state index in [0.717, 1.165) is 44.7 Å². The monoisotopic (exact) mass is 320 g/mol. The number of aromatic nitrogens is 2. The molecule has 6 heteroatoms. The minimum atomic E-state index is 0.759. The molecule has 1 aliphatic heterocycles. The highest BCUT2D eigenvalue weighted by atomic mass is 15.3. The fourth-order valence-corrected chi connectivity index (χ4v) is 3.17. The van der Waals surface area contributed by atoms with Gasteiger partial charge in [0.15, 0.2) is 5.96 Å². The van der Waals surface area contributed by atoms with Crippen LogP contribution in [-0.4, -0.2) is 59.4 Å². The average Bonchev–Trinajstić information content (AvgIpc) is 3.08. The predicted molar refractivity (Wildman–Crippen MR) is 95.7 cm³/mol. The molecule has 2 rings (SSSR count). The number of rotatable bonds is 8. The van der Waals surface area contributed by atoms with Gasteiger partial charge in [0.05, 0.1) is 13.1 Å². The van der Waals surface area contributed by atoms with Crippen molar-refractivity contribution in [3.63, 3.8) is 0 Å². The van der Waals surface area contributed by atoms with Crippen molar-refractivity contribution < 1.29 is 0 Å². The molecular formula is C17H32N6. The van der Waals surface area contributed by atoms with Gasteiger partial charge in [0.1, 0.15) is 0 Å². The van der Waals surface area contributed by atoms with Crippen LogP contribution in [0.25, 0.3) is 0 Å². The topological polar surface area (TPSA) is 57.5 Å². The SMILES string of the molecule is CCNC(=NCCN1CCCCC1CC)NCCn1cccn1. The smallest absolute Gasteiger partial charge is 0.191 e. The highest BCUT2D eigenvalue weighted by Crippen LogP contribution is 2.18. The van der Waals surface area contributed by atoms with Crippen LogP contribution in [0.4, 0.5) is 0 Å². The molecule has 0 saturated carbocycles. The molecule has 0 amide bonds. The van der Waals surface area contributed by atoms with Crippen LogP contribution >= 0.6 is 0 Å². The molecule has 0 spiro atoms. The molecule has 23 heavy (non-hydrogen) atoms. The molecule has 0 aromatic carbocycles. The van der Waals surface area contributed by atoms with E-state index >= 15 is 0 Å². The summed E-state index contributed by atoms with van der Waals surface area (Å²) >= 11 is 0. The van der Waals surface area contributed by atoms with Crippen molar-refractivity contribution in [2.45, 2.75) is 52.1 Å². The van der Waals surface area contributed by atoms with Gasteiger partial charge in [-0.25, -0.2) is 0 Å². The fraction of sp³-hybridized carbons (Fsp3) is 0.765. The average molecular weight is 320 g/mol. The predicted octanol–water partition coefficient (Wildman–Crippen LogP) is 1.70. The molecule has 2 heterocycles. The largest absolute Gasteiger partial charge is 0.357 e. The summed E-state index contributed by atoms with van der Waals surface area (Å²) in [5.41, 5.74) is 0. The van der Waals surface area contributed by atoms with E-state index in [9.17, 15) is 0 Å². The number of guanidine groups is 1. The van der Waals surface area contributed by atoms with Crippen LogP contribution in [0.2, 0.25) is 0 Å². The lowest BCUT2D eigenvalue weighted by Crippen LogP contribution is -2.42. The lowest BCUT2D eigenvalue weighted by atomic mass is 10.0. The van der Waals surface area contributed by atoms with Crippen molar-refractivity contribution in [3.05, 3.63) is 18.5 Å². The van der Waals surface area contributed by atoms with E-state index in [-0.39, 0.29) is 0 Å². The Labute approximate surface area is 140 Å². The number of hydrogen-bond donors (Lipinski definition) is 2. The lowest BCUT2D eigenvalue weighted by Gasteiger charge is -2.34. The first-order chi connectivity index (χ1) is 11.3. The first-order valence-electron chi connectivity index (χ1n) is 9.07. The van der Waals surface area contributed by atoms with Crippen LogP contribution < -0.4 is 10.6 Å². The normalized spacial score (nSPS) is 19.7. The number of likely N-dealkylation sites (tertiary alicyclic amines) is 1. The molecule has 1 saturated heterocycles. The number of nitrogens with zero attached hydrogens (tertiary/aromatic N) is 4. The van der Waals surface area contributed by atoms with Gasteiger partial charge in [0, 0.05) is 38.1 Å². The number of nitrogens with one attached hydrogen (secondary N) is 2. The van der Waals surface area contributed by atoms with Gasteiger partial charge < -0.3 is 10.6 Å². The Kier molecular flexibility index (Phi) is 7.93. The molecule has 0 bridgehead atoms. The second-order valence-electron chi connectivity index (χ2n) is 6.05. The maximum Gasteiger partial charge on any atom is 0.191 e. The third-order valence-electron chi connectivity index (χ3n) is 4.41. The summed E-state index contributed by atoms with van der Waals surface area (Å²) in [5.74, 6) is 0.907. The van der Waals surface area contributed by atoms with E-state index in [1.54, 1.807) is 0 Å². The van der Waals surface area contributed by atoms with Crippen LogP contribution in [0.3, 0.4) is 0 Å². The summed E-state index contributed by atoms with van der Waals surface area (Å²) in [6.45, 7) is 10.1. The van der Waals surface area contributed by atoms with Crippen LogP contribution in [-0.2, 0) is 6.54 Å². The molecule has 0 radical (unpaired) electrons. The van der Waals surface area contributed by atoms with Gasteiger partial charge in [-0.1, -0.05) is 13.3 Å². The van der Waals surface area contributed by atoms with E-state index in [0.29, 0.717) is 0 Å². The van der Waals surface area contributed by atoms with Crippen molar-refractivity contribution in [1.29, 1.82) is 0 Å². The number of hydrogen-bond acceptors (Lipinski definition) is 3. The van der Waals surface area contributed by atoms with Crippen molar-refractivity contribution >= 4 is 5.96 Å². The third-order valence-corrected chi connectivity index (χ3v) is 4.41. The highest BCUT2D eigenvalue weighted by molar-refractivity contribution is 5.79. The van der Waals surface area contributed by atoms with Crippen LogP contribution in [0.5, 0.6) is 0 Å². The van der Waals surface area contributed by atoms with E-state index < -0.39 is 0 Å². The number of aliphatic imine (C=N–C) groups is 1. The Morgan fingerprint density at radius 3 is 2.91 bits per heavy atom. The Hall–Kier alpha value is -1.56. The standard InChI is InChI=1S/C17H32N6/c1-3-16-8-5-6-12-22(16)14-10-19-17(18-4-2)20-11-15-23-13-7-9-21-23/h7,9,13,16H,3-6,8,10-12,14-15H2,1-2H3,(H2,18,19,20). The first kappa shape index (κ1) is 17.8. The van der Waals surface area contributed by atoms with Crippen molar-refractivity contribution in [3.8, 4) is 0 Å². The minimum absolute atomic E-state index is 0.759. The Balaban J connectivity index is 1.73. The maximum atomic E-state index is 4.72. The van der Waals surface area contributed by atoms with Crippen molar-refractivity contribution in [2.75, 3.05) is 32.7 Å². The molecule has 1 fully saturated rings. The van der Waals surface area contributed by atoms with Gasteiger partial charge in [0.25, 0.3) is 0 Å². The highest BCUT2D eigenvalue weighted by Gasteiger charge is 2.19. The molecule has 0 aliphatic carbocycles. The molecule has 1 atom stereocenters. The summed E-state index contributed by atoms with van der Waals surface area (Å²) in [7, 11) is 0. The molecule has 1 unspecified atom stereocenters. The molecule has 6 nitrogen and oxygen atoms in total. The van der Waals surface area contributed by atoms with Gasteiger partial charge >= 0.3 is 0 Å². The molecular weight excluding hydrogens is 288 g/mol. The van der Waals surface area contributed by atoms with Gasteiger partial charge in [-0.15, -0.1) is 0 Å². The quantitative estimate of drug-likeness (QED) is 0.565. The van der Waals surface area contributed by atoms with E-state index in [4.69, 9.17) is 4.99 Å². The Morgan fingerprint density at radius 2 is 2.17 bits per heavy atom. The summed E-state index contributed by atoms with van der Waals surface area (Å²) in [6.07, 6.45) is 9.11. The van der Waals surface area contributed by atoms with E-state index in [1.165, 1.54) is 32.2 Å². The summed E-state index contributed by atoms with van der Waals surface area (Å²) in [6, 6.07) is 2.71. The minimum Gasteiger partial charge on any atom is -0.357 e. The van der Waals surface area contributed by atoms with Crippen LogP contribution in [0, 0.1) is 0 Å². The maximum absolute atomic E-state index is 4.72. The van der Waals surface area contributed by atoms with E-state index in [1.807, 2.05) is 23.1 Å². The fourth-order valence-electron chi connectivity index (χ4n) is 3.17. The zero-order valence-electron chi connectivity index (χ0n) is 14.7. The van der Waals surface area contributed by atoms with Gasteiger partial charge in [0.2, 0.25) is 0 Å². The summed E-state index contributed by atoms with van der Waals surface area (Å²) < 4.78 is 1.93. The molecule has 1 aromatic rings. The first-order valence-corrected chi connectivity index (χ1v) is 9.07. The second kappa shape index (κ2) is 10.3. The zero-order chi connectivity index (χ0) is 16.3. The van der Waals surface area contributed by atoms with E-state index in [2.05, 4.69) is 34.5 Å². The zero-order valence-corrected chi connectivity index (χ0v) is 14.7. The van der Waals surface area contributed by atoms with Gasteiger partial charge in [-0.05, 0) is 38.8 Å². The van der Waals surface area contributed by atoms with Crippen molar-refractivity contribution in [2.24, 2.45) is 4.99 Å². The summed E-state index contributed by atoms with van der Waals surface area (Å²) in [5, 5.41) is 10.9. The Bertz CT molecular complexity index is 442. The Morgan fingerprint density at radius 1 is 1.26 bits per heavy atom. The molecule has 2 N–H and O–H groups in total. The van der Waals surface area contributed by atoms with Crippen LogP contribution in [0.15, 0.2) is 23.5 Å². The van der Waals surface area contributed by atoms with Crippen molar-refractivity contribution in [1.82, 2.24) is 25.3 Å². The second-order valence-corrected chi connectivity index (χ2v) is 6.05. The molecule has 1 aliphatic rings. The van der Waals surface area contributed by atoms with Gasteiger partial charge in [-0.3, -0.25) is 14.6 Å². The third kappa shape index (κ3) is 6.22. The number of piperidine rings is 1. The molecule has 1 aromatic heterocycles. The molecule has 130 valence electrons. The summed E-state index contributed by atoms with van der Waals surface area (Å²) in [4.78, 5) is 7.33. The van der Waals surface area contributed by atoms with Crippen LogP contribution in [0.1, 0.15) is 39.5 Å². The lowest BCUT2D eigenvalue weighted by molar-refractivity contribution is 0.148. The van der Waals surface area contributed by atoms with Gasteiger partial charge in [-0.2, -0.15) is 5.10 Å².